The zero-order valence-corrected chi connectivity index (χ0v) is 45.6. The lowest BCUT2D eigenvalue weighted by Crippen LogP contribution is -2.70. The van der Waals surface area contributed by atoms with Gasteiger partial charge in [-0.2, -0.15) is 0 Å². The number of nitrogens with two attached hydrogens (primary N) is 2. The van der Waals surface area contributed by atoms with Crippen LogP contribution in [0.4, 0.5) is 0 Å². The Morgan fingerprint density at radius 3 is 1.68 bits per heavy atom. The third-order valence-corrected chi connectivity index (χ3v) is 12.1. The first-order valence-corrected chi connectivity index (χ1v) is 25.7. The highest BCUT2D eigenvalue weighted by molar-refractivity contribution is 5.95. The molecular weight excluding hydrogens is 1100 g/mol. The third-order valence-electron chi connectivity index (χ3n) is 12.1. The van der Waals surface area contributed by atoms with Crippen LogP contribution in [0.2, 0.25) is 0 Å². The van der Waals surface area contributed by atoms with Crippen LogP contribution in [0.25, 0.3) is 0 Å². The molecule has 0 spiro atoms. The number of primary amides is 1. The van der Waals surface area contributed by atoms with E-state index in [1.807, 2.05) is 5.32 Å². The molecule has 2 fully saturated rings. The molecule has 2 saturated heterocycles. The van der Waals surface area contributed by atoms with Gasteiger partial charge in [0, 0.05) is 26.8 Å². The highest BCUT2D eigenvalue weighted by atomic mass is 16.7. The second-order valence-electron chi connectivity index (χ2n) is 18.8. The van der Waals surface area contributed by atoms with E-state index < -0.39 is 214 Å². The van der Waals surface area contributed by atoms with E-state index in [0.29, 0.717) is 0 Å². The molecule has 2 rings (SSSR count). The first kappa shape index (κ1) is 70.8. The number of amides is 12. The summed E-state index contributed by atoms with van der Waals surface area (Å²) in [6.45, 7) is 1.41. The molecule has 0 aromatic heterocycles. The van der Waals surface area contributed by atoms with Crippen LogP contribution in [-0.4, -0.2) is 252 Å². The molecule has 464 valence electrons. The Labute approximate surface area is 468 Å². The van der Waals surface area contributed by atoms with Gasteiger partial charge in [0.2, 0.25) is 70.9 Å². The molecule has 82 heavy (non-hydrogen) atoms. The summed E-state index contributed by atoms with van der Waals surface area (Å²) in [5, 5.41) is 86.7. The van der Waals surface area contributed by atoms with Gasteiger partial charge in [0.05, 0.1) is 39.4 Å². The maximum Gasteiger partial charge on any atom is 0.322 e. The van der Waals surface area contributed by atoms with Gasteiger partial charge in [0.15, 0.2) is 12.6 Å². The summed E-state index contributed by atoms with van der Waals surface area (Å²) in [5.41, 5.74) is 10.8. The highest BCUT2D eigenvalue weighted by Gasteiger charge is 2.53. The van der Waals surface area contributed by atoms with E-state index in [9.17, 15) is 87.9 Å². The van der Waals surface area contributed by atoms with Crippen molar-refractivity contribution in [3.63, 3.8) is 0 Å². The Balaban J connectivity index is 2.18. The molecule has 2 aliphatic rings. The standard InChI is InChI=1S/C46H77N13O23/c1-19(41(74)53-15-32(68)51-14-31(67)52-16-33(69)70)55-44(77)25(8-6-7-11-49-30(66)13-50-29(65)12-47)58-28(64)10-9-24(40(48)73)59-42(75)20(2)54-43(76)21(3)79-39-35(57-23(5)63)45(78)80-27(18-61)38(39)82-46-34(56-22(4)62)37(72)36(71)26(17-60)81-46/h19-21,24-27,34-39,45-46,60-61,71-72,78H,6-18,47H2,1-5H3,(H2,48,73)(H,49,66)(H,50,65)(H,51,68)(H,52,67)(H,53,74)(H,54,76)(H,55,77)(H,56,62)(H,57,63)(H,58,64)(H,59,75)(H,69,70). The van der Waals surface area contributed by atoms with Crippen molar-refractivity contribution >= 4 is 76.9 Å². The summed E-state index contributed by atoms with van der Waals surface area (Å²) >= 11 is 0. The minimum atomic E-state index is -1.92. The van der Waals surface area contributed by atoms with Gasteiger partial charge in [-0.3, -0.25) is 62.3 Å². The predicted octanol–water partition coefficient (Wildman–Crippen LogP) is -11.7. The Morgan fingerprint density at radius 1 is 0.561 bits per heavy atom. The lowest BCUT2D eigenvalue weighted by molar-refractivity contribution is -0.333. The van der Waals surface area contributed by atoms with Gasteiger partial charge in [0.25, 0.3) is 0 Å². The van der Waals surface area contributed by atoms with Crippen molar-refractivity contribution < 1.29 is 112 Å². The van der Waals surface area contributed by atoms with Gasteiger partial charge in [-0.1, -0.05) is 0 Å². The number of carboxylic acid groups (broad SMARTS) is 1. The molecule has 21 N–H and O–H groups in total. The maximum absolute atomic E-state index is 13.6. The molecule has 36 heteroatoms. The van der Waals surface area contributed by atoms with Gasteiger partial charge in [-0.05, 0) is 46.5 Å². The van der Waals surface area contributed by atoms with Crippen LogP contribution in [0.1, 0.15) is 66.7 Å². The van der Waals surface area contributed by atoms with E-state index in [2.05, 4.69) is 53.2 Å². The van der Waals surface area contributed by atoms with Gasteiger partial charge < -0.3 is 120 Å². The first-order valence-electron chi connectivity index (χ1n) is 25.7. The summed E-state index contributed by atoms with van der Waals surface area (Å²) in [6.07, 6.45) is -15.8. The fourth-order valence-corrected chi connectivity index (χ4v) is 7.80. The van der Waals surface area contributed by atoms with E-state index in [1.165, 1.54) is 20.8 Å². The van der Waals surface area contributed by atoms with Crippen LogP contribution in [0.5, 0.6) is 0 Å². The third kappa shape index (κ3) is 24.4. The number of hydrogen-bond donors (Lipinski definition) is 19. The number of aliphatic hydroxyl groups excluding tert-OH is 5. The highest BCUT2D eigenvalue weighted by Crippen LogP contribution is 2.31. The number of nitrogens with one attached hydrogen (secondary N) is 11. The summed E-state index contributed by atoms with van der Waals surface area (Å²) in [4.78, 5) is 162. The van der Waals surface area contributed by atoms with Crippen LogP contribution in [0.15, 0.2) is 0 Å². The van der Waals surface area contributed by atoms with Gasteiger partial charge in [-0.25, -0.2) is 0 Å². The van der Waals surface area contributed by atoms with E-state index in [1.54, 1.807) is 0 Å². The molecule has 12 amide bonds. The molecule has 0 aromatic rings. The smallest absolute Gasteiger partial charge is 0.322 e. The van der Waals surface area contributed by atoms with Crippen molar-refractivity contribution in [1.29, 1.82) is 0 Å². The second kappa shape index (κ2) is 35.5. The summed E-state index contributed by atoms with van der Waals surface area (Å²) in [5.74, 6) is -11.4. The number of carbonyl (C=O) groups excluding carboxylic acids is 12. The number of rotatable bonds is 34. The largest absolute Gasteiger partial charge is 0.480 e. The molecule has 15 atom stereocenters. The molecule has 0 radical (unpaired) electrons. The first-order chi connectivity index (χ1) is 38.5. The second-order valence-corrected chi connectivity index (χ2v) is 18.8. The fraction of sp³-hybridized carbons (Fsp3) is 0.717. The Bertz CT molecular complexity index is 2250. The topological polar surface area (TPSA) is 565 Å². The summed E-state index contributed by atoms with van der Waals surface area (Å²) in [6, 6.07) is -8.84. The monoisotopic (exact) mass is 1180 g/mol. The fourth-order valence-electron chi connectivity index (χ4n) is 7.80. The van der Waals surface area contributed by atoms with Crippen LogP contribution in [-0.2, 0) is 81.3 Å². The Kier molecular flexibility index (Phi) is 30.7. The molecule has 0 aromatic carbocycles. The number of aliphatic carboxylic acids is 1. The lowest BCUT2D eigenvalue weighted by Gasteiger charge is -2.48. The minimum absolute atomic E-state index is 0.0668. The molecule has 0 saturated carbocycles. The van der Waals surface area contributed by atoms with E-state index in [4.69, 9.17) is 35.5 Å². The average Bonchev–Trinajstić information content (AvgIpc) is 3.59. The number of hydrogen-bond acceptors (Lipinski definition) is 23. The Morgan fingerprint density at radius 2 is 1.11 bits per heavy atom. The number of ether oxygens (including phenoxy) is 4. The summed E-state index contributed by atoms with van der Waals surface area (Å²) < 4.78 is 23.2. The average molecular weight is 1180 g/mol. The molecule has 2 aliphatic heterocycles. The summed E-state index contributed by atoms with van der Waals surface area (Å²) in [7, 11) is 0. The van der Waals surface area contributed by atoms with Gasteiger partial charge in [0.1, 0.15) is 85.5 Å². The van der Waals surface area contributed by atoms with Gasteiger partial charge >= 0.3 is 5.97 Å². The molecular formula is C46H77N13O23. The van der Waals surface area contributed by atoms with Crippen molar-refractivity contribution in [1.82, 2.24) is 58.5 Å². The number of carboxylic acids is 1. The molecule has 0 aliphatic carbocycles. The predicted molar refractivity (Wildman–Crippen MR) is 273 cm³/mol. The van der Waals surface area contributed by atoms with Crippen molar-refractivity contribution in [2.24, 2.45) is 11.5 Å². The maximum atomic E-state index is 13.6. The molecule has 0 bridgehead atoms. The number of aliphatic hydroxyl groups is 5. The van der Waals surface area contributed by atoms with Crippen molar-refractivity contribution in [3.05, 3.63) is 0 Å². The molecule has 36 nitrogen and oxygen atoms in total. The minimum Gasteiger partial charge on any atom is -0.480 e. The lowest BCUT2D eigenvalue weighted by atomic mass is 9.94. The van der Waals surface area contributed by atoms with Gasteiger partial charge in [-0.15, -0.1) is 0 Å². The van der Waals surface area contributed by atoms with Crippen molar-refractivity contribution in [3.8, 4) is 0 Å². The number of unbranched alkanes of at least 4 members (excludes halogenated alkanes) is 1. The molecule has 2 heterocycles. The van der Waals surface area contributed by atoms with Crippen molar-refractivity contribution in [2.75, 3.05) is 52.5 Å². The quantitative estimate of drug-likeness (QED) is 0.0266. The van der Waals surface area contributed by atoms with E-state index in [-0.39, 0.29) is 38.9 Å². The van der Waals surface area contributed by atoms with E-state index in [0.717, 1.165) is 13.8 Å². The van der Waals surface area contributed by atoms with Crippen LogP contribution in [0.3, 0.4) is 0 Å². The van der Waals surface area contributed by atoms with Crippen molar-refractivity contribution in [2.45, 2.75) is 158 Å². The van der Waals surface area contributed by atoms with Crippen LogP contribution in [0, 0.1) is 0 Å². The zero-order chi connectivity index (χ0) is 62.0. The Hall–Kier alpha value is -7.29. The molecule has 15 unspecified atom stereocenters. The zero-order valence-electron chi connectivity index (χ0n) is 45.6. The van der Waals surface area contributed by atoms with E-state index >= 15 is 0 Å². The van der Waals surface area contributed by atoms with Crippen LogP contribution >= 0.6 is 0 Å². The number of carbonyl (C=O) groups is 13. The SMILES string of the molecule is CC(=O)NC1C(OC2C(CO)OC(O)C(NC(C)=O)C2OC(C)C(=O)NC(C)C(=O)NC(CCC(=O)NC(CCCCNC(=O)CNC(=O)CN)C(=O)NC(C)C(=O)NCC(=O)NCC(=O)NCC(=O)O)C(N)=O)OC(CO)C(O)C1O. The normalized spacial score (nSPS) is 23.9. The van der Waals surface area contributed by atoms with Crippen LogP contribution < -0.4 is 70.0 Å².